The fourth-order valence-electron chi connectivity index (χ4n) is 2.97. The van der Waals surface area contributed by atoms with Crippen molar-refractivity contribution in [3.63, 3.8) is 0 Å². The molecule has 0 saturated heterocycles. The molecule has 2 aromatic carbocycles. The summed E-state index contributed by atoms with van der Waals surface area (Å²) >= 11 is 0. The third-order valence-corrected chi connectivity index (χ3v) is 6.04. The number of nitrogens with two attached hydrogens (primary N) is 1. The summed E-state index contributed by atoms with van der Waals surface area (Å²) in [4.78, 5) is -0.629. The van der Waals surface area contributed by atoms with E-state index in [0.717, 1.165) is 18.2 Å². The van der Waals surface area contributed by atoms with Crippen molar-refractivity contribution < 1.29 is 31.4 Å². The number of benzene rings is 2. The van der Waals surface area contributed by atoms with Gasteiger partial charge >= 0.3 is 5.25 Å². The number of sulfone groups is 1. The molecule has 1 aliphatic carbocycles. The third-order valence-electron chi connectivity index (χ3n) is 4.16. The number of fused-ring (bicyclic) bond motifs is 1. The second-order valence-electron chi connectivity index (χ2n) is 6.14. The van der Waals surface area contributed by atoms with Crippen LogP contribution in [0.15, 0.2) is 35.2 Å². The molecular formula is C17H16F3NO4S. The van der Waals surface area contributed by atoms with Crippen molar-refractivity contribution >= 4 is 15.5 Å². The second kappa shape index (κ2) is 6.17. The molecule has 26 heavy (non-hydrogen) atoms. The highest BCUT2D eigenvalue weighted by molar-refractivity contribution is 7.92. The van der Waals surface area contributed by atoms with E-state index < -0.39 is 31.9 Å². The molecule has 2 aromatic rings. The maximum atomic E-state index is 13.6. The van der Waals surface area contributed by atoms with Crippen molar-refractivity contribution in [3.05, 3.63) is 47.3 Å². The molecule has 0 aliphatic heterocycles. The number of nitrogen functional groups attached to an aromatic ring is 1. The molecule has 0 spiro atoms. The van der Waals surface area contributed by atoms with Crippen LogP contribution in [0.1, 0.15) is 30.6 Å². The van der Waals surface area contributed by atoms with Crippen molar-refractivity contribution in [3.8, 4) is 11.5 Å². The van der Waals surface area contributed by atoms with E-state index in [1.54, 1.807) is 0 Å². The second-order valence-corrected chi connectivity index (χ2v) is 8.31. The predicted molar refractivity (Wildman–Crippen MR) is 88.4 cm³/mol. The zero-order valence-electron chi connectivity index (χ0n) is 13.7. The van der Waals surface area contributed by atoms with E-state index in [-0.39, 0.29) is 42.5 Å². The highest BCUT2D eigenvalue weighted by atomic mass is 32.2. The Kier molecular flexibility index (Phi) is 4.40. The molecule has 0 amide bonds. The Hall–Kier alpha value is -2.26. The predicted octanol–water partition coefficient (Wildman–Crippen LogP) is 3.57. The van der Waals surface area contributed by atoms with Crippen molar-refractivity contribution in [2.75, 3.05) is 5.73 Å². The zero-order valence-corrected chi connectivity index (χ0v) is 14.5. The maximum absolute atomic E-state index is 13.6. The van der Waals surface area contributed by atoms with Crippen molar-refractivity contribution in [1.29, 1.82) is 0 Å². The lowest BCUT2D eigenvalue weighted by atomic mass is 10.1. The molecule has 0 heterocycles. The van der Waals surface area contributed by atoms with Gasteiger partial charge in [-0.05, 0) is 31.0 Å². The minimum absolute atomic E-state index is 0.0718. The summed E-state index contributed by atoms with van der Waals surface area (Å²) in [6.45, 7) is 0.288. The Morgan fingerprint density at radius 3 is 2.58 bits per heavy atom. The van der Waals surface area contributed by atoms with E-state index in [1.807, 2.05) is 0 Å². The first-order valence-corrected chi connectivity index (χ1v) is 9.19. The van der Waals surface area contributed by atoms with Gasteiger partial charge in [0, 0.05) is 35.9 Å². The number of aliphatic hydroxyl groups excluding tert-OH is 1. The summed E-state index contributed by atoms with van der Waals surface area (Å²) in [6, 6.07) is 5.74. The highest BCUT2D eigenvalue weighted by Crippen LogP contribution is 2.44. The van der Waals surface area contributed by atoms with Crippen LogP contribution in [0.25, 0.3) is 0 Å². The Balaban J connectivity index is 2.11. The number of ether oxygens (including phenoxy) is 1. The molecule has 0 bridgehead atoms. The molecule has 9 heteroatoms. The van der Waals surface area contributed by atoms with Gasteiger partial charge in [-0.15, -0.1) is 0 Å². The molecule has 140 valence electrons. The fourth-order valence-corrected chi connectivity index (χ4v) is 4.15. The van der Waals surface area contributed by atoms with E-state index in [1.165, 1.54) is 12.1 Å². The summed E-state index contributed by atoms with van der Waals surface area (Å²) in [6.07, 6.45) is -0.813. The van der Waals surface area contributed by atoms with Gasteiger partial charge in [0.25, 0.3) is 0 Å². The van der Waals surface area contributed by atoms with Crippen LogP contribution >= 0.6 is 0 Å². The van der Waals surface area contributed by atoms with Crippen LogP contribution < -0.4 is 10.5 Å². The van der Waals surface area contributed by atoms with Crippen LogP contribution in [-0.4, -0.2) is 18.8 Å². The van der Waals surface area contributed by atoms with Crippen LogP contribution in [0.3, 0.4) is 0 Å². The minimum atomic E-state index is -4.97. The summed E-state index contributed by atoms with van der Waals surface area (Å²) in [5.41, 5.74) is 5.87. The summed E-state index contributed by atoms with van der Waals surface area (Å²) in [5.74, 6) is -0.399. The molecular weight excluding hydrogens is 371 g/mol. The molecule has 0 fully saturated rings. The van der Waals surface area contributed by atoms with Gasteiger partial charge < -0.3 is 15.6 Å². The number of alkyl halides is 2. The number of rotatable bonds is 4. The molecule has 1 unspecified atom stereocenters. The van der Waals surface area contributed by atoms with Crippen LogP contribution in [-0.2, 0) is 16.3 Å². The van der Waals surface area contributed by atoms with E-state index >= 15 is 0 Å². The van der Waals surface area contributed by atoms with Gasteiger partial charge in [0.2, 0.25) is 9.84 Å². The van der Waals surface area contributed by atoms with Gasteiger partial charge in [0.1, 0.15) is 17.3 Å². The molecule has 1 aliphatic rings. The zero-order chi connectivity index (χ0) is 19.3. The molecule has 1 atom stereocenters. The van der Waals surface area contributed by atoms with Gasteiger partial charge in [-0.25, -0.2) is 12.8 Å². The first-order valence-electron chi connectivity index (χ1n) is 7.71. The number of hydrogen-bond acceptors (Lipinski definition) is 5. The topological polar surface area (TPSA) is 89.6 Å². The number of hydrogen-bond donors (Lipinski definition) is 2. The highest BCUT2D eigenvalue weighted by Gasteiger charge is 2.44. The van der Waals surface area contributed by atoms with Crippen molar-refractivity contribution in [1.82, 2.24) is 0 Å². The van der Waals surface area contributed by atoms with Gasteiger partial charge in [0.05, 0.1) is 11.0 Å². The summed E-state index contributed by atoms with van der Waals surface area (Å²) < 4.78 is 70.4. The monoisotopic (exact) mass is 387 g/mol. The van der Waals surface area contributed by atoms with E-state index in [2.05, 4.69) is 0 Å². The summed E-state index contributed by atoms with van der Waals surface area (Å²) in [5, 5.41) is 6.13. The number of aliphatic hydroxyl groups is 1. The van der Waals surface area contributed by atoms with Crippen LogP contribution in [0.4, 0.5) is 18.9 Å². The minimum Gasteiger partial charge on any atom is -0.457 e. The van der Waals surface area contributed by atoms with Crippen LogP contribution in [0.2, 0.25) is 0 Å². The van der Waals surface area contributed by atoms with Crippen molar-refractivity contribution in [2.24, 2.45) is 0 Å². The first kappa shape index (κ1) is 18.5. The lowest BCUT2D eigenvalue weighted by molar-refractivity contribution is 0.113. The van der Waals surface area contributed by atoms with Gasteiger partial charge in [-0.1, -0.05) is 0 Å². The molecule has 5 nitrogen and oxygen atoms in total. The lowest BCUT2D eigenvalue weighted by Crippen LogP contribution is -2.26. The van der Waals surface area contributed by atoms with Crippen LogP contribution in [0.5, 0.6) is 11.5 Å². The molecule has 3 N–H and O–H groups in total. The average molecular weight is 387 g/mol. The molecule has 0 saturated carbocycles. The van der Waals surface area contributed by atoms with Gasteiger partial charge in [0.15, 0.2) is 0 Å². The van der Waals surface area contributed by atoms with Gasteiger partial charge in [-0.2, -0.15) is 8.78 Å². The van der Waals surface area contributed by atoms with E-state index in [0.29, 0.717) is 5.56 Å². The fraction of sp³-hybridized carbons (Fsp3) is 0.294. The smallest absolute Gasteiger partial charge is 0.347 e. The molecule has 3 rings (SSSR count). The quantitative estimate of drug-likeness (QED) is 0.783. The third kappa shape index (κ3) is 3.12. The number of anilines is 1. The molecule has 0 aromatic heterocycles. The van der Waals surface area contributed by atoms with Crippen molar-refractivity contribution in [2.45, 2.75) is 36.0 Å². The normalized spacial score (nSPS) is 17.2. The summed E-state index contributed by atoms with van der Waals surface area (Å²) in [7, 11) is -4.97. The molecule has 0 radical (unpaired) electrons. The Morgan fingerprint density at radius 2 is 1.96 bits per heavy atom. The average Bonchev–Trinajstić information content (AvgIpc) is 2.88. The Labute approximate surface area is 148 Å². The first-order chi connectivity index (χ1) is 12.0. The van der Waals surface area contributed by atoms with E-state index in [4.69, 9.17) is 10.5 Å². The standard InChI is InChI=1S/C17H16F3NO4S/c1-17(19,20)26(23,24)15-5-4-14(12-2-3-13(22)16(12)15)25-11-7-9(18)6-10(21)8-11/h4-8,13,22H,2-3,21H2,1H3. The largest absolute Gasteiger partial charge is 0.457 e. The Bertz CT molecular complexity index is 950. The van der Waals surface area contributed by atoms with Gasteiger partial charge in [-0.3, -0.25) is 0 Å². The SMILES string of the molecule is CC(F)(F)S(=O)(=O)c1ccc(Oc2cc(N)cc(F)c2)c2c1C(O)CC2. The lowest BCUT2D eigenvalue weighted by Gasteiger charge is -2.18. The maximum Gasteiger partial charge on any atom is 0.347 e. The number of halogens is 3. The van der Waals surface area contributed by atoms with E-state index in [9.17, 15) is 26.7 Å². The van der Waals surface area contributed by atoms with Crippen LogP contribution in [0, 0.1) is 5.82 Å². The Morgan fingerprint density at radius 1 is 1.27 bits per heavy atom.